The smallest absolute Gasteiger partial charge is 0.271 e. The number of phenolic OH excluding ortho intramolecular Hbond substituents is 2. The fourth-order valence-corrected chi connectivity index (χ4v) is 2.07. The zero-order valence-electron chi connectivity index (χ0n) is 10.5. The minimum Gasteiger partial charge on any atom is -0.508 e. The van der Waals surface area contributed by atoms with Gasteiger partial charge in [-0.05, 0) is 30.3 Å². The standard InChI is InChI=1S/C14H10Cl2N2O3/c15-10-4-9(13(20)12(16)6-10)7-17-18-14(21)8-2-1-3-11(19)5-8/h1-7,19-20H,(H,18,21). The normalized spacial score (nSPS) is 10.8. The van der Waals surface area contributed by atoms with Crippen LogP contribution >= 0.6 is 23.2 Å². The van der Waals surface area contributed by atoms with Gasteiger partial charge in [0, 0.05) is 16.1 Å². The van der Waals surface area contributed by atoms with Crippen LogP contribution in [0.3, 0.4) is 0 Å². The molecule has 0 saturated carbocycles. The molecule has 0 spiro atoms. The summed E-state index contributed by atoms with van der Waals surface area (Å²) in [6.07, 6.45) is 1.22. The minimum absolute atomic E-state index is 0.0223. The molecule has 0 unspecified atom stereocenters. The van der Waals surface area contributed by atoms with Crippen molar-refractivity contribution in [3.8, 4) is 11.5 Å². The van der Waals surface area contributed by atoms with Crippen LogP contribution in [0.5, 0.6) is 11.5 Å². The Hall–Kier alpha value is -2.24. The molecule has 0 aliphatic heterocycles. The number of nitrogens with one attached hydrogen (secondary N) is 1. The van der Waals surface area contributed by atoms with Crippen molar-refractivity contribution in [2.24, 2.45) is 5.10 Å². The van der Waals surface area contributed by atoms with Crippen molar-refractivity contribution in [3.05, 3.63) is 57.6 Å². The first-order valence-electron chi connectivity index (χ1n) is 5.78. The second-order valence-corrected chi connectivity index (χ2v) is 4.92. The van der Waals surface area contributed by atoms with E-state index in [0.717, 1.165) is 0 Å². The van der Waals surface area contributed by atoms with Crippen LogP contribution in [0.2, 0.25) is 10.0 Å². The summed E-state index contributed by atoms with van der Waals surface area (Å²) in [5.41, 5.74) is 2.78. The number of nitrogens with zero attached hydrogens (tertiary/aromatic N) is 1. The molecule has 0 saturated heterocycles. The first kappa shape index (κ1) is 15.2. The second kappa shape index (κ2) is 6.47. The minimum atomic E-state index is -0.505. The fourth-order valence-electron chi connectivity index (χ4n) is 1.56. The molecule has 0 fully saturated rings. The van der Waals surface area contributed by atoms with Crippen molar-refractivity contribution in [1.29, 1.82) is 0 Å². The van der Waals surface area contributed by atoms with Gasteiger partial charge in [0.1, 0.15) is 11.5 Å². The Bertz CT molecular complexity index is 717. The fraction of sp³-hybridized carbons (Fsp3) is 0. The van der Waals surface area contributed by atoms with Crippen LogP contribution in [-0.4, -0.2) is 22.3 Å². The van der Waals surface area contributed by atoms with E-state index in [0.29, 0.717) is 5.02 Å². The van der Waals surface area contributed by atoms with Gasteiger partial charge in [0.05, 0.1) is 11.2 Å². The highest BCUT2D eigenvalue weighted by Gasteiger charge is 2.07. The van der Waals surface area contributed by atoms with Crippen molar-refractivity contribution in [1.82, 2.24) is 5.43 Å². The molecule has 3 N–H and O–H groups in total. The van der Waals surface area contributed by atoms with Gasteiger partial charge in [-0.25, -0.2) is 5.43 Å². The number of aromatic hydroxyl groups is 2. The number of benzene rings is 2. The molecule has 108 valence electrons. The van der Waals surface area contributed by atoms with Crippen LogP contribution in [-0.2, 0) is 0 Å². The van der Waals surface area contributed by atoms with E-state index in [1.807, 2.05) is 0 Å². The maximum atomic E-state index is 11.8. The third kappa shape index (κ3) is 3.87. The highest BCUT2D eigenvalue weighted by molar-refractivity contribution is 6.36. The summed E-state index contributed by atoms with van der Waals surface area (Å²) in [7, 11) is 0. The van der Waals surface area contributed by atoms with Gasteiger partial charge < -0.3 is 10.2 Å². The Balaban J connectivity index is 2.11. The van der Waals surface area contributed by atoms with Crippen molar-refractivity contribution < 1.29 is 15.0 Å². The Morgan fingerprint density at radius 1 is 1.19 bits per heavy atom. The first-order chi connectivity index (χ1) is 9.97. The number of hydrogen-bond donors (Lipinski definition) is 3. The van der Waals surface area contributed by atoms with E-state index in [1.54, 1.807) is 0 Å². The summed E-state index contributed by atoms with van der Waals surface area (Å²) < 4.78 is 0. The molecule has 2 rings (SSSR count). The molecule has 0 aliphatic carbocycles. The molecule has 21 heavy (non-hydrogen) atoms. The molecule has 0 atom stereocenters. The van der Waals surface area contributed by atoms with Gasteiger partial charge in [-0.2, -0.15) is 5.10 Å². The summed E-state index contributed by atoms with van der Waals surface area (Å²) in [6, 6.07) is 8.66. The number of rotatable bonds is 3. The molecule has 0 aromatic heterocycles. The number of halogens is 2. The highest BCUT2D eigenvalue weighted by Crippen LogP contribution is 2.29. The molecule has 2 aromatic rings. The molecule has 0 aliphatic rings. The van der Waals surface area contributed by atoms with E-state index in [9.17, 15) is 15.0 Å². The number of amides is 1. The van der Waals surface area contributed by atoms with Gasteiger partial charge in [-0.1, -0.05) is 29.3 Å². The quantitative estimate of drug-likeness (QED) is 0.599. The van der Waals surface area contributed by atoms with Gasteiger partial charge in [0.2, 0.25) is 0 Å². The van der Waals surface area contributed by atoms with Crippen molar-refractivity contribution >= 4 is 35.3 Å². The van der Waals surface area contributed by atoms with Gasteiger partial charge in [0.15, 0.2) is 0 Å². The Labute approximate surface area is 130 Å². The molecule has 0 heterocycles. The third-order valence-electron chi connectivity index (χ3n) is 2.54. The Kier molecular flexibility index (Phi) is 4.67. The average Bonchev–Trinajstić information content (AvgIpc) is 2.43. The van der Waals surface area contributed by atoms with Crippen LogP contribution in [0.1, 0.15) is 15.9 Å². The Morgan fingerprint density at radius 2 is 1.95 bits per heavy atom. The lowest BCUT2D eigenvalue weighted by molar-refractivity contribution is 0.0954. The predicted octanol–water partition coefficient (Wildman–Crippen LogP) is 3.17. The summed E-state index contributed by atoms with van der Waals surface area (Å²) in [5, 5.41) is 23.1. The summed E-state index contributed by atoms with van der Waals surface area (Å²) >= 11 is 11.6. The zero-order chi connectivity index (χ0) is 15.4. The van der Waals surface area contributed by atoms with Crippen LogP contribution in [0.25, 0.3) is 0 Å². The summed E-state index contributed by atoms with van der Waals surface area (Å²) in [5.74, 6) is -0.711. The van der Waals surface area contributed by atoms with E-state index in [-0.39, 0.29) is 27.6 Å². The number of carbonyl (C=O) groups excluding carboxylic acids is 1. The lowest BCUT2D eigenvalue weighted by atomic mass is 10.2. The molecule has 2 aromatic carbocycles. The van der Waals surface area contributed by atoms with E-state index in [1.165, 1.54) is 42.6 Å². The van der Waals surface area contributed by atoms with Crippen molar-refractivity contribution in [2.45, 2.75) is 0 Å². The lowest BCUT2D eigenvalue weighted by Gasteiger charge is -2.03. The van der Waals surface area contributed by atoms with E-state index in [4.69, 9.17) is 23.2 Å². The average molecular weight is 325 g/mol. The molecule has 5 nitrogen and oxygen atoms in total. The van der Waals surface area contributed by atoms with E-state index < -0.39 is 5.91 Å². The monoisotopic (exact) mass is 324 g/mol. The molecule has 0 bridgehead atoms. The summed E-state index contributed by atoms with van der Waals surface area (Å²) in [6.45, 7) is 0. The highest BCUT2D eigenvalue weighted by atomic mass is 35.5. The summed E-state index contributed by atoms with van der Waals surface area (Å²) in [4.78, 5) is 11.8. The molecule has 0 radical (unpaired) electrons. The van der Waals surface area contributed by atoms with Gasteiger partial charge >= 0.3 is 0 Å². The molecule has 7 heteroatoms. The lowest BCUT2D eigenvalue weighted by Crippen LogP contribution is -2.17. The molecule has 1 amide bonds. The van der Waals surface area contributed by atoms with Crippen LogP contribution in [0, 0.1) is 0 Å². The third-order valence-corrected chi connectivity index (χ3v) is 3.04. The van der Waals surface area contributed by atoms with Crippen LogP contribution in [0.15, 0.2) is 41.5 Å². The van der Waals surface area contributed by atoms with E-state index in [2.05, 4.69) is 10.5 Å². The van der Waals surface area contributed by atoms with Crippen LogP contribution in [0.4, 0.5) is 0 Å². The predicted molar refractivity (Wildman–Crippen MR) is 81.3 cm³/mol. The second-order valence-electron chi connectivity index (χ2n) is 4.07. The number of hydrogen-bond acceptors (Lipinski definition) is 4. The van der Waals surface area contributed by atoms with E-state index >= 15 is 0 Å². The van der Waals surface area contributed by atoms with Crippen LogP contribution < -0.4 is 5.43 Å². The first-order valence-corrected chi connectivity index (χ1v) is 6.53. The maximum Gasteiger partial charge on any atom is 0.271 e. The molecular weight excluding hydrogens is 315 g/mol. The number of hydrazone groups is 1. The number of phenols is 2. The van der Waals surface area contributed by atoms with Gasteiger partial charge in [0.25, 0.3) is 5.91 Å². The Morgan fingerprint density at radius 3 is 2.67 bits per heavy atom. The van der Waals surface area contributed by atoms with Gasteiger partial charge in [-0.3, -0.25) is 4.79 Å². The van der Waals surface area contributed by atoms with Gasteiger partial charge in [-0.15, -0.1) is 0 Å². The zero-order valence-corrected chi connectivity index (χ0v) is 12.1. The van der Waals surface area contributed by atoms with Crippen molar-refractivity contribution in [3.63, 3.8) is 0 Å². The SMILES string of the molecule is O=C(NN=Cc1cc(Cl)cc(Cl)c1O)c1cccc(O)c1. The number of carbonyl (C=O) groups is 1. The topological polar surface area (TPSA) is 81.9 Å². The maximum absolute atomic E-state index is 11.8. The largest absolute Gasteiger partial charge is 0.508 e. The molecular formula is C14H10Cl2N2O3. The van der Waals surface area contributed by atoms with Crippen molar-refractivity contribution in [2.75, 3.05) is 0 Å².